The Kier molecular flexibility index (Phi) is 5.32. The Labute approximate surface area is 105 Å². The van der Waals surface area contributed by atoms with Crippen LogP contribution >= 0.6 is 0 Å². The number of benzene rings is 1. The highest BCUT2D eigenvalue weighted by atomic mass is 19.1. The van der Waals surface area contributed by atoms with Crippen LogP contribution < -0.4 is 5.32 Å². The van der Waals surface area contributed by atoms with Crippen molar-refractivity contribution in [3.05, 3.63) is 41.7 Å². The van der Waals surface area contributed by atoms with Gasteiger partial charge >= 0.3 is 5.97 Å². The van der Waals surface area contributed by atoms with Crippen LogP contribution in [0.3, 0.4) is 0 Å². The van der Waals surface area contributed by atoms with Gasteiger partial charge in [-0.2, -0.15) is 0 Å². The third-order valence-corrected chi connectivity index (χ3v) is 2.13. The lowest BCUT2D eigenvalue weighted by Crippen LogP contribution is -2.11. The molecule has 0 fully saturated rings. The summed E-state index contributed by atoms with van der Waals surface area (Å²) in [6.45, 7) is 6.89. The molecule has 0 radical (unpaired) electrons. The first-order valence-corrected chi connectivity index (χ1v) is 5.49. The van der Waals surface area contributed by atoms with Crippen molar-refractivity contribution in [3.8, 4) is 0 Å². The third-order valence-electron chi connectivity index (χ3n) is 2.13. The Bertz CT molecular complexity index is 446. The van der Waals surface area contributed by atoms with Crippen LogP contribution in [0.25, 0.3) is 0 Å². The molecule has 98 valence electrons. The van der Waals surface area contributed by atoms with Crippen LogP contribution in [-0.2, 0) is 4.74 Å². The number of nitrogens with one attached hydrogen (secondary N) is 1. The summed E-state index contributed by atoms with van der Waals surface area (Å²) in [6, 6.07) is 3.74. The van der Waals surface area contributed by atoms with Crippen LogP contribution in [-0.4, -0.2) is 30.8 Å². The minimum absolute atomic E-state index is 0.0726. The average molecular weight is 253 g/mol. The molecule has 0 heterocycles. The van der Waals surface area contributed by atoms with E-state index in [9.17, 15) is 9.18 Å². The fourth-order valence-electron chi connectivity index (χ4n) is 1.30. The first-order chi connectivity index (χ1) is 8.50. The van der Waals surface area contributed by atoms with E-state index in [1.165, 1.54) is 12.1 Å². The maximum atomic E-state index is 13.5. The largest absolute Gasteiger partial charge is 0.478 e. The molecule has 0 spiro atoms. The number of hydrogen-bond acceptors (Lipinski definition) is 3. The van der Waals surface area contributed by atoms with Gasteiger partial charge < -0.3 is 15.2 Å². The van der Waals surface area contributed by atoms with E-state index in [-0.39, 0.29) is 11.3 Å². The van der Waals surface area contributed by atoms with Crippen molar-refractivity contribution < 1.29 is 19.0 Å². The molecule has 0 atom stereocenters. The highest BCUT2D eigenvalue weighted by Crippen LogP contribution is 2.15. The zero-order valence-electron chi connectivity index (χ0n) is 10.2. The van der Waals surface area contributed by atoms with Gasteiger partial charge in [0.05, 0.1) is 24.5 Å². The molecule has 1 rings (SSSR count). The summed E-state index contributed by atoms with van der Waals surface area (Å²) >= 11 is 0. The number of carboxylic acids is 1. The normalized spacial score (nSPS) is 10.1. The minimum atomic E-state index is -1.15. The quantitative estimate of drug-likeness (QED) is 0.579. The van der Waals surface area contributed by atoms with Crippen molar-refractivity contribution in [3.63, 3.8) is 0 Å². The van der Waals surface area contributed by atoms with Gasteiger partial charge in [0.25, 0.3) is 0 Å². The SMILES string of the molecule is C=C(C)COCCNc1ccc(C(=O)O)cc1F. The van der Waals surface area contributed by atoms with Gasteiger partial charge in [-0.25, -0.2) is 9.18 Å². The first kappa shape index (κ1) is 14.2. The van der Waals surface area contributed by atoms with Crippen LogP contribution in [0, 0.1) is 5.82 Å². The number of hydrogen-bond donors (Lipinski definition) is 2. The molecule has 2 N–H and O–H groups in total. The van der Waals surface area contributed by atoms with Gasteiger partial charge in [0.1, 0.15) is 5.82 Å². The fourth-order valence-corrected chi connectivity index (χ4v) is 1.30. The number of halogens is 1. The molecule has 4 nitrogen and oxygen atoms in total. The molecule has 0 saturated heterocycles. The molecule has 18 heavy (non-hydrogen) atoms. The molecule has 0 saturated carbocycles. The van der Waals surface area contributed by atoms with Gasteiger partial charge in [0.2, 0.25) is 0 Å². The fraction of sp³-hybridized carbons (Fsp3) is 0.308. The van der Waals surface area contributed by atoms with E-state index >= 15 is 0 Å². The molecule has 0 bridgehead atoms. The van der Waals surface area contributed by atoms with Crippen molar-refractivity contribution in [1.29, 1.82) is 0 Å². The molecule has 0 aromatic heterocycles. The molecule has 5 heteroatoms. The molecule has 0 aliphatic rings. The van der Waals surface area contributed by atoms with E-state index in [4.69, 9.17) is 9.84 Å². The Morgan fingerprint density at radius 1 is 1.56 bits per heavy atom. The van der Waals surface area contributed by atoms with Gasteiger partial charge in [-0.1, -0.05) is 12.2 Å². The van der Waals surface area contributed by atoms with Crippen molar-refractivity contribution in [1.82, 2.24) is 0 Å². The summed E-state index contributed by atoms with van der Waals surface area (Å²) in [7, 11) is 0. The minimum Gasteiger partial charge on any atom is -0.478 e. The van der Waals surface area contributed by atoms with Crippen molar-refractivity contribution in [2.24, 2.45) is 0 Å². The monoisotopic (exact) mass is 253 g/mol. The Hall–Kier alpha value is -1.88. The number of carboxylic acid groups (broad SMARTS) is 1. The number of rotatable bonds is 7. The van der Waals surface area contributed by atoms with E-state index in [1.807, 2.05) is 6.92 Å². The van der Waals surface area contributed by atoms with Crippen LogP contribution in [0.15, 0.2) is 30.4 Å². The molecular weight excluding hydrogens is 237 g/mol. The molecule has 0 amide bonds. The second-order valence-electron chi connectivity index (χ2n) is 3.94. The van der Waals surface area contributed by atoms with Crippen molar-refractivity contribution in [2.45, 2.75) is 6.92 Å². The number of aromatic carboxylic acids is 1. The van der Waals surface area contributed by atoms with Crippen LogP contribution in [0.5, 0.6) is 0 Å². The summed E-state index contributed by atoms with van der Waals surface area (Å²) in [5.74, 6) is -1.74. The first-order valence-electron chi connectivity index (χ1n) is 5.49. The highest BCUT2D eigenvalue weighted by molar-refractivity contribution is 5.88. The Balaban J connectivity index is 2.43. The second-order valence-corrected chi connectivity index (χ2v) is 3.94. The van der Waals surface area contributed by atoms with E-state index < -0.39 is 11.8 Å². The van der Waals surface area contributed by atoms with Crippen LogP contribution in [0.4, 0.5) is 10.1 Å². The lowest BCUT2D eigenvalue weighted by atomic mass is 10.2. The van der Waals surface area contributed by atoms with E-state index in [0.717, 1.165) is 11.6 Å². The van der Waals surface area contributed by atoms with Gasteiger partial charge in [-0.3, -0.25) is 0 Å². The van der Waals surface area contributed by atoms with Crippen molar-refractivity contribution in [2.75, 3.05) is 25.1 Å². The highest BCUT2D eigenvalue weighted by Gasteiger charge is 2.07. The maximum absolute atomic E-state index is 13.5. The lowest BCUT2D eigenvalue weighted by molar-refractivity contribution is 0.0696. The molecule has 0 unspecified atom stereocenters. The second kappa shape index (κ2) is 6.76. The Morgan fingerprint density at radius 3 is 2.83 bits per heavy atom. The van der Waals surface area contributed by atoms with E-state index in [2.05, 4.69) is 11.9 Å². The van der Waals surface area contributed by atoms with Gasteiger partial charge in [0, 0.05) is 6.54 Å². The molecule has 0 aliphatic carbocycles. The number of anilines is 1. The maximum Gasteiger partial charge on any atom is 0.335 e. The predicted molar refractivity (Wildman–Crippen MR) is 67.5 cm³/mol. The average Bonchev–Trinajstić information content (AvgIpc) is 2.29. The number of carbonyl (C=O) groups is 1. The van der Waals surface area contributed by atoms with Gasteiger partial charge in [0.15, 0.2) is 0 Å². The van der Waals surface area contributed by atoms with E-state index in [0.29, 0.717) is 19.8 Å². The van der Waals surface area contributed by atoms with Crippen molar-refractivity contribution >= 4 is 11.7 Å². The molecular formula is C13H16FNO3. The molecule has 1 aromatic rings. The van der Waals surface area contributed by atoms with Crippen LogP contribution in [0.1, 0.15) is 17.3 Å². The summed E-state index contributed by atoms with van der Waals surface area (Å²) in [4.78, 5) is 10.6. The van der Waals surface area contributed by atoms with Gasteiger partial charge in [-0.05, 0) is 25.1 Å². The standard InChI is InChI=1S/C13H16FNO3/c1-9(2)8-18-6-5-15-12-4-3-10(13(16)17)7-11(12)14/h3-4,7,15H,1,5-6,8H2,2H3,(H,16,17). The summed E-state index contributed by atoms with van der Waals surface area (Å²) in [5.41, 5.74) is 1.11. The smallest absolute Gasteiger partial charge is 0.335 e. The van der Waals surface area contributed by atoms with E-state index in [1.54, 1.807) is 0 Å². The third kappa shape index (κ3) is 4.55. The zero-order chi connectivity index (χ0) is 13.5. The zero-order valence-corrected chi connectivity index (χ0v) is 10.2. The summed E-state index contributed by atoms with van der Waals surface area (Å²) in [6.07, 6.45) is 0. The summed E-state index contributed by atoms with van der Waals surface area (Å²) in [5, 5.41) is 11.5. The predicted octanol–water partition coefficient (Wildman–Crippen LogP) is 2.53. The Morgan fingerprint density at radius 2 is 2.28 bits per heavy atom. The topological polar surface area (TPSA) is 58.6 Å². The number of ether oxygens (including phenoxy) is 1. The van der Waals surface area contributed by atoms with Crippen LogP contribution in [0.2, 0.25) is 0 Å². The van der Waals surface area contributed by atoms with Gasteiger partial charge in [-0.15, -0.1) is 0 Å². The molecule has 0 aliphatic heterocycles. The summed E-state index contributed by atoms with van der Waals surface area (Å²) < 4.78 is 18.7. The molecule has 1 aromatic carbocycles. The lowest BCUT2D eigenvalue weighted by Gasteiger charge is -2.08.